The summed E-state index contributed by atoms with van der Waals surface area (Å²) in [6.45, 7) is 9.86. The molecule has 0 saturated carbocycles. The van der Waals surface area contributed by atoms with Crippen molar-refractivity contribution in [1.82, 2.24) is 4.90 Å². The Labute approximate surface area is 193 Å². The third-order valence-corrected chi connectivity index (χ3v) is 5.61. The summed E-state index contributed by atoms with van der Waals surface area (Å²) < 4.78 is 19.9. The Kier molecular flexibility index (Phi) is 7.22. The molecule has 1 amide bonds. The molecule has 1 saturated heterocycles. The number of nitrogens with zero attached hydrogens (tertiary/aromatic N) is 2. The van der Waals surface area contributed by atoms with E-state index in [1.165, 1.54) is 6.07 Å². The van der Waals surface area contributed by atoms with Crippen molar-refractivity contribution in [2.45, 2.75) is 39.3 Å². The van der Waals surface area contributed by atoms with E-state index in [2.05, 4.69) is 10.2 Å². The van der Waals surface area contributed by atoms with Crippen molar-refractivity contribution in [3.63, 3.8) is 0 Å². The largest absolute Gasteiger partial charge is 0.444 e. The van der Waals surface area contributed by atoms with Gasteiger partial charge in [0, 0.05) is 41.9 Å². The van der Waals surface area contributed by atoms with Crippen LogP contribution in [0.4, 0.5) is 20.6 Å². The zero-order valence-corrected chi connectivity index (χ0v) is 19.7. The monoisotopic (exact) mass is 467 g/mol. The smallest absolute Gasteiger partial charge is 0.410 e. The highest BCUT2D eigenvalue weighted by atomic mass is 35.5. The van der Waals surface area contributed by atoms with Crippen molar-refractivity contribution in [3.05, 3.63) is 57.8 Å². The molecule has 0 radical (unpaired) electrons. The summed E-state index contributed by atoms with van der Waals surface area (Å²) >= 11 is 12.3. The first-order chi connectivity index (χ1) is 14.5. The molecule has 0 bridgehead atoms. The molecule has 1 aliphatic heterocycles. The second kappa shape index (κ2) is 9.53. The van der Waals surface area contributed by atoms with E-state index in [-0.39, 0.29) is 18.0 Å². The molecule has 0 aromatic heterocycles. The van der Waals surface area contributed by atoms with Crippen LogP contribution in [0.1, 0.15) is 39.3 Å². The lowest BCUT2D eigenvalue weighted by Crippen LogP contribution is -2.50. The first-order valence-corrected chi connectivity index (χ1v) is 11.0. The minimum Gasteiger partial charge on any atom is -0.444 e. The average Bonchev–Trinajstić information content (AvgIpc) is 2.68. The van der Waals surface area contributed by atoms with Crippen LogP contribution in [0.3, 0.4) is 0 Å². The van der Waals surface area contributed by atoms with Crippen molar-refractivity contribution < 1.29 is 13.9 Å². The first-order valence-electron chi connectivity index (χ1n) is 10.3. The van der Waals surface area contributed by atoms with E-state index in [1.807, 2.05) is 33.8 Å². The van der Waals surface area contributed by atoms with Crippen molar-refractivity contribution in [2.24, 2.45) is 0 Å². The summed E-state index contributed by atoms with van der Waals surface area (Å²) in [5, 5.41) is 4.29. The number of hydrogen-bond acceptors (Lipinski definition) is 4. The highest BCUT2D eigenvalue weighted by Gasteiger charge is 2.26. The number of piperazine rings is 1. The predicted octanol–water partition coefficient (Wildman–Crippen LogP) is 6.36. The van der Waals surface area contributed by atoms with Crippen LogP contribution in [-0.2, 0) is 4.74 Å². The Morgan fingerprint density at radius 2 is 1.77 bits per heavy atom. The van der Waals surface area contributed by atoms with Crippen LogP contribution in [0.15, 0.2) is 36.4 Å². The summed E-state index contributed by atoms with van der Waals surface area (Å²) in [5.74, 6) is -0.340. The molecule has 2 aromatic rings. The third-order valence-electron chi connectivity index (χ3n) is 5.05. The average molecular weight is 468 g/mol. The van der Waals surface area contributed by atoms with Crippen molar-refractivity contribution in [3.8, 4) is 0 Å². The van der Waals surface area contributed by atoms with Crippen molar-refractivity contribution in [2.75, 3.05) is 36.4 Å². The predicted molar refractivity (Wildman–Crippen MR) is 125 cm³/mol. The van der Waals surface area contributed by atoms with Gasteiger partial charge < -0.3 is 19.9 Å². The van der Waals surface area contributed by atoms with E-state index in [9.17, 15) is 9.18 Å². The number of anilines is 2. The maximum absolute atomic E-state index is 14.5. The fraction of sp³-hybridized carbons (Fsp3) is 0.435. The van der Waals surface area contributed by atoms with Gasteiger partial charge in [-0.3, -0.25) is 0 Å². The van der Waals surface area contributed by atoms with Crippen LogP contribution in [0.25, 0.3) is 0 Å². The maximum atomic E-state index is 14.5. The molecule has 0 unspecified atom stereocenters. The third kappa shape index (κ3) is 6.17. The van der Waals surface area contributed by atoms with Gasteiger partial charge in [-0.1, -0.05) is 29.3 Å². The summed E-state index contributed by atoms with van der Waals surface area (Å²) in [5.41, 5.74) is 1.60. The number of benzene rings is 2. The lowest BCUT2D eigenvalue weighted by Gasteiger charge is -2.37. The van der Waals surface area contributed by atoms with Gasteiger partial charge in [0.15, 0.2) is 0 Å². The maximum Gasteiger partial charge on any atom is 0.410 e. The molecule has 2 aromatic carbocycles. The SMILES string of the molecule is C[C@@H](Nc1cc(N2CCN(C(=O)OC(C)(C)C)CC2)ccc1F)c1ccc(Cl)cc1Cl. The molecule has 3 rings (SSSR count). The van der Waals surface area contributed by atoms with Gasteiger partial charge in [-0.25, -0.2) is 9.18 Å². The fourth-order valence-corrected chi connectivity index (χ4v) is 4.03. The van der Waals surface area contributed by atoms with Crippen LogP contribution in [0.2, 0.25) is 10.0 Å². The van der Waals surface area contributed by atoms with Gasteiger partial charge in [0.05, 0.1) is 11.7 Å². The van der Waals surface area contributed by atoms with E-state index >= 15 is 0 Å². The zero-order valence-electron chi connectivity index (χ0n) is 18.2. The lowest BCUT2D eigenvalue weighted by molar-refractivity contribution is 0.0240. The number of hydrogen-bond donors (Lipinski definition) is 1. The molecule has 1 atom stereocenters. The number of ether oxygens (including phenoxy) is 1. The Balaban J connectivity index is 1.67. The van der Waals surface area contributed by atoms with Gasteiger partial charge in [-0.05, 0) is 63.6 Å². The Morgan fingerprint density at radius 1 is 1.10 bits per heavy atom. The van der Waals surface area contributed by atoms with E-state index in [0.717, 1.165) is 11.3 Å². The molecule has 1 heterocycles. The minimum absolute atomic E-state index is 0.210. The van der Waals surface area contributed by atoms with Gasteiger partial charge in [0.1, 0.15) is 11.4 Å². The number of rotatable bonds is 4. The van der Waals surface area contributed by atoms with Gasteiger partial charge in [0.2, 0.25) is 0 Å². The Bertz CT molecular complexity index is 941. The van der Waals surface area contributed by atoms with Crippen LogP contribution < -0.4 is 10.2 Å². The van der Waals surface area contributed by atoms with Crippen molar-refractivity contribution >= 4 is 40.7 Å². The topological polar surface area (TPSA) is 44.8 Å². The highest BCUT2D eigenvalue weighted by Crippen LogP contribution is 2.31. The molecule has 1 fully saturated rings. The summed E-state index contributed by atoms with van der Waals surface area (Å²) in [6, 6.07) is 10.1. The standard InChI is InChI=1S/C23H28Cl2FN3O2/c1-15(18-7-5-16(24)13-19(18)25)27-21-14-17(6-8-20(21)26)28-9-11-29(12-10-28)22(30)31-23(2,3)4/h5-8,13-15,27H,9-12H2,1-4H3/t15-/m1/s1. The van der Waals surface area contributed by atoms with E-state index < -0.39 is 5.60 Å². The second-order valence-corrected chi connectivity index (χ2v) is 9.49. The van der Waals surface area contributed by atoms with E-state index in [0.29, 0.717) is 41.9 Å². The van der Waals surface area contributed by atoms with Crippen molar-refractivity contribution in [1.29, 1.82) is 0 Å². The summed E-state index contributed by atoms with van der Waals surface area (Å²) in [7, 11) is 0. The zero-order chi connectivity index (χ0) is 22.8. The molecule has 8 heteroatoms. The molecular formula is C23H28Cl2FN3O2. The number of halogens is 3. The number of amides is 1. The number of carbonyl (C=O) groups is 1. The van der Waals surface area contributed by atoms with Gasteiger partial charge in [0.25, 0.3) is 0 Å². The molecule has 0 spiro atoms. The highest BCUT2D eigenvalue weighted by molar-refractivity contribution is 6.35. The molecular weight excluding hydrogens is 440 g/mol. The van der Waals surface area contributed by atoms with Crippen LogP contribution >= 0.6 is 23.2 Å². The molecule has 5 nitrogen and oxygen atoms in total. The molecule has 168 valence electrons. The van der Waals surface area contributed by atoms with Crippen LogP contribution in [-0.4, -0.2) is 42.8 Å². The first kappa shape index (κ1) is 23.5. The molecule has 0 aliphatic carbocycles. The fourth-order valence-electron chi connectivity index (χ4n) is 3.46. The molecule has 1 aliphatic rings. The Morgan fingerprint density at radius 3 is 2.39 bits per heavy atom. The van der Waals surface area contributed by atoms with Gasteiger partial charge >= 0.3 is 6.09 Å². The van der Waals surface area contributed by atoms with Gasteiger partial charge in [-0.2, -0.15) is 0 Å². The molecule has 31 heavy (non-hydrogen) atoms. The van der Waals surface area contributed by atoms with E-state index in [4.69, 9.17) is 27.9 Å². The quantitative estimate of drug-likeness (QED) is 0.567. The van der Waals surface area contributed by atoms with Crippen LogP contribution in [0, 0.1) is 5.82 Å². The minimum atomic E-state index is -0.518. The van der Waals surface area contributed by atoms with Crippen LogP contribution in [0.5, 0.6) is 0 Å². The number of carbonyl (C=O) groups excluding carboxylic acids is 1. The Hall–Kier alpha value is -2.18. The summed E-state index contributed by atoms with van der Waals surface area (Å²) in [6.07, 6.45) is -0.303. The van der Waals surface area contributed by atoms with Gasteiger partial charge in [-0.15, -0.1) is 0 Å². The second-order valence-electron chi connectivity index (χ2n) is 8.65. The molecule has 1 N–H and O–H groups in total. The number of nitrogens with one attached hydrogen (secondary N) is 1. The lowest BCUT2D eigenvalue weighted by atomic mass is 10.1. The normalized spacial score (nSPS) is 15.6. The summed E-state index contributed by atoms with van der Waals surface area (Å²) in [4.78, 5) is 16.1. The van der Waals surface area contributed by atoms with E-state index in [1.54, 1.807) is 29.2 Å².